The van der Waals surface area contributed by atoms with E-state index in [0.29, 0.717) is 45.3 Å². The summed E-state index contributed by atoms with van der Waals surface area (Å²) in [7, 11) is 0. The quantitative estimate of drug-likeness (QED) is 0.724. The van der Waals surface area contributed by atoms with Crippen LogP contribution in [0.3, 0.4) is 0 Å². The maximum Gasteiger partial charge on any atom is 0.245 e. The summed E-state index contributed by atoms with van der Waals surface area (Å²) < 4.78 is 5.22. The molecule has 2 rings (SSSR count). The molecule has 7 nitrogen and oxygen atoms in total. The first-order chi connectivity index (χ1) is 11.4. The van der Waals surface area contributed by atoms with E-state index >= 15 is 0 Å². The Morgan fingerprint density at radius 2 is 1.71 bits per heavy atom. The average molecular weight is 339 g/mol. The zero-order chi connectivity index (χ0) is 17.7. The number of carbonyl (C=O) groups excluding carboxylic acids is 3. The van der Waals surface area contributed by atoms with Crippen molar-refractivity contribution in [1.29, 1.82) is 0 Å². The number of amides is 3. The van der Waals surface area contributed by atoms with Gasteiger partial charge in [0.25, 0.3) is 0 Å². The molecular formula is C17H29N3O4. The van der Waals surface area contributed by atoms with Crippen LogP contribution in [0.15, 0.2) is 0 Å². The third-order valence-corrected chi connectivity index (χ3v) is 4.57. The minimum absolute atomic E-state index is 0.00260. The standard InChI is InChI=1S/C17H29N3O4/c1-13(2)12-19-6-7-20(14(3)17(19)23)16(22)5-4-15(21)18-8-10-24-11-9-18/h13-14H,4-12H2,1-3H3. The third-order valence-electron chi connectivity index (χ3n) is 4.57. The Morgan fingerprint density at radius 1 is 1.08 bits per heavy atom. The fourth-order valence-corrected chi connectivity index (χ4v) is 3.22. The summed E-state index contributed by atoms with van der Waals surface area (Å²) in [5.41, 5.74) is 0. The van der Waals surface area contributed by atoms with E-state index < -0.39 is 6.04 Å². The van der Waals surface area contributed by atoms with Crippen molar-refractivity contribution in [3.05, 3.63) is 0 Å². The molecule has 2 heterocycles. The summed E-state index contributed by atoms with van der Waals surface area (Å²) in [5, 5.41) is 0. The minimum Gasteiger partial charge on any atom is -0.378 e. The molecule has 0 spiro atoms. The molecule has 0 bridgehead atoms. The average Bonchev–Trinajstić information content (AvgIpc) is 2.57. The Kier molecular flexibility index (Phi) is 6.60. The number of hydrogen-bond acceptors (Lipinski definition) is 4. The van der Waals surface area contributed by atoms with Gasteiger partial charge in [0, 0.05) is 45.6 Å². The van der Waals surface area contributed by atoms with Crippen LogP contribution >= 0.6 is 0 Å². The van der Waals surface area contributed by atoms with Crippen LogP contribution in [0.1, 0.15) is 33.6 Å². The molecule has 1 atom stereocenters. The van der Waals surface area contributed by atoms with Crippen molar-refractivity contribution in [3.63, 3.8) is 0 Å². The lowest BCUT2D eigenvalue weighted by Gasteiger charge is -2.40. The zero-order valence-electron chi connectivity index (χ0n) is 15.0. The predicted octanol–water partition coefficient (Wildman–Crippen LogP) is 0.341. The topological polar surface area (TPSA) is 70.2 Å². The SMILES string of the molecule is CC(C)CN1CCN(C(=O)CCC(=O)N2CCOCC2)C(C)C1=O. The third kappa shape index (κ3) is 4.69. The Bertz CT molecular complexity index is 474. The van der Waals surface area contributed by atoms with Gasteiger partial charge < -0.3 is 19.4 Å². The van der Waals surface area contributed by atoms with Gasteiger partial charge in [0.05, 0.1) is 13.2 Å². The highest BCUT2D eigenvalue weighted by molar-refractivity contribution is 5.90. The summed E-state index contributed by atoms with van der Waals surface area (Å²) in [6.45, 7) is 10.1. The van der Waals surface area contributed by atoms with Gasteiger partial charge in [0.2, 0.25) is 17.7 Å². The fraction of sp³-hybridized carbons (Fsp3) is 0.824. The number of morpholine rings is 1. The highest BCUT2D eigenvalue weighted by atomic mass is 16.5. The van der Waals surface area contributed by atoms with Crippen LogP contribution < -0.4 is 0 Å². The van der Waals surface area contributed by atoms with Crippen LogP contribution in [0.25, 0.3) is 0 Å². The first kappa shape index (κ1) is 18.7. The Hall–Kier alpha value is -1.63. The van der Waals surface area contributed by atoms with Crippen molar-refractivity contribution in [2.24, 2.45) is 5.92 Å². The second-order valence-corrected chi connectivity index (χ2v) is 6.93. The largest absolute Gasteiger partial charge is 0.378 e. The molecule has 0 aliphatic carbocycles. The van der Waals surface area contributed by atoms with E-state index in [0.717, 1.165) is 6.54 Å². The predicted molar refractivity (Wildman–Crippen MR) is 89.2 cm³/mol. The maximum absolute atomic E-state index is 12.4. The number of rotatable bonds is 5. The molecule has 2 saturated heterocycles. The van der Waals surface area contributed by atoms with E-state index in [9.17, 15) is 14.4 Å². The van der Waals surface area contributed by atoms with Crippen LogP contribution in [0.4, 0.5) is 0 Å². The maximum atomic E-state index is 12.4. The lowest BCUT2D eigenvalue weighted by atomic mass is 10.1. The van der Waals surface area contributed by atoms with E-state index in [2.05, 4.69) is 13.8 Å². The van der Waals surface area contributed by atoms with E-state index in [1.165, 1.54) is 0 Å². The summed E-state index contributed by atoms with van der Waals surface area (Å²) in [4.78, 5) is 42.2. The number of ether oxygens (including phenoxy) is 1. The van der Waals surface area contributed by atoms with Gasteiger partial charge >= 0.3 is 0 Å². The van der Waals surface area contributed by atoms with Gasteiger partial charge in [-0.2, -0.15) is 0 Å². The molecule has 0 saturated carbocycles. The minimum atomic E-state index is -0.441. The van der Waals surface area contributed by atoms with Crippen LogP contribution in [0, 0.1) is 5.92 Å². The second kappa shape index (κ2) is 8.46. The van der Waals surface area contributed by atoms with Crippen molar-refractivity contribution in [2.75, 3.05) is 45.9 Å². The number of hydrogen-bond donors (Lipinski definition) is 0. The summed E-state index contributed by atoms with van der Waals surface area (Å²) in [5.74, 6) is 0.295. The van der Waals surface area contributed by atoms with Crippen LogP contribution in [-0.2, 0) is 19.1 Å². The monoisotopic (exact) mass is 339 g/mol. The Labute approximate surface area is 143 Å². The molecule has 2 aliphatic rings. The molecule has 0 aromatic rings. The molecule has 2 aliphatic heterocycles. The molecule has 0 radical (unpaired) electrons. The van der Waals surface area contributed by atoms with Gasteiger partial charge in [-0.1, -0.05) is 13.8 Å². The van der Waals surface area contributed by atoms with E-state index in [1.54, 1.807) is 16.7 Å². The number of nitrogens with zero attached hydrogens (tertiary/aromatic N) is 3. The van der Waals surface area contributed by atoms with Crippen molar-refractivity contribution < 1.29 is 19.1 Å². The lowest BCUT2D eigenvalue weighted by molar-refractivity contribution is -0.151. The zero-order valence-corrected chi connectivity index (χ0v) is 15.0. The molecule has 2 fully saturated rings. The molecule has 0 aromatic carbocycles. The highest BCUT2D eigenvalue weighted by Crippen LogP contribution is 2.15. The van der Waals surface area contributed by atoms with Crippen LogP contribution in [0.2, 0.25) is 0 Å². The van der Waals surface area contributed by atoms with Gasteiger partial charge in [0.15, 0.2) is 0 Å². The van der Waals surface area contributed by atoms with E-state index in [-0.39, 0.29) is 30.6 Å². The molecule has 0 N–H and O–H groups in total. The van der Waals surface area contributed by atoms with Gasteiger partial charge in [-0.3, -0.25) is 14.4 Å². The summed E-state index contributed by atoms with van der Waals surface area (Å²) in [6, 6.07) is -0.441. The molecule has 1 unspecified atom stereocenters. The van der Waals surface area contributed by atoms with Gasteiger partial charge in [-0.15, -0.1) is 0 Å². The summed E-state index contributed by atoms with van der Waals surface area (Å²) in [6.07, 6.45) is 0.365. The van der Waals surface area contributed by atoms with E-state index in [1.807, 2.05) is 4.90 Å². The molecule has 136 valence electrons. The lowest BCUT2D eigenvalue weighted by Crippen LogP contribution is -2.58. The highest BCUT2D eigenvalue weighted by Gasteiger charge is 2.34. The van der Waals surface area contributed by atoms with Gasteiger partial charge in [-0.05, 0) is 12.8 Å². The normalized spacial score (nSPS) is 22.2. The molecule has 7 heteroatoms. The van der Waals surface area contributed by atoms with Gasteiger partial charge in [-0.25, -0.2) is 0 Å². The molecule has 3 amide bonds. The second-order valence-electron chi connectivity index (χ2n) is 6.93. The van der Waals surface area contributed by atoms with Gasteiger partial charge in [0.1, 0.15) is 6.04 Å². The molecule has 24 heavy (non-hydrogen) atoms. The molecule has 0 aromatic heterocycles. The van der Waals surface area contributed by atoms with E-state index in [4.69, 9.17) is 4.74 Å². The van der Waals surface area contributed by atoms with Crippen LogP contribution in [0.5, 0.6) is 0 Å². The van der Waals surface area contributed by atoms with Crippen LogP contribution in [-0.4, -0.2) is 84.4 Å². The number of piperazine rings is 1. The Balaban J connectivity index is 1.82. The van der Waals surface area contributed by atoms with Crippen molar-refractivity contribution in [1.82, 2.24) is 14.7 Å². The number of carbonyl (C=O) groups is 3. The summed E-state index contributed by atoms with van der Waals surface area (Å²) >= 11 is 0. The first-order valence-electron chi connectivity index (χ1n) is 8.84. The van der Waals surface area contributed by atoms with Crippen molar-refractivity contribution in [2.45, 2.75) is 39.7 Å². The fourth-order valence-electron chi connectivity index (χ4n) is 3.22. The smallest absolute Gasteiger partial charge is 0.245 e. The van der Waals surface area contributed by atoms with Crippen molar-refractivity contribution in [3.8, 4) is 0 Å². The van der Waals surface area contributed by atoms with Crippen molar-refractivity contribution >= 4 is 17.7 Å². The first-order valence-corrected chi connectivity index (χ1v) is 8.84. The Morgan fingerprint density at radius 3 is 2.33 bits per heavy atom. The molecular weight excluding hydrogens is 310 g/mol.